The van der Waals surface area contributed by atoms with Gasteiger partial charge in [-0.25, -0.2) is 25.9 Å². The van der Waals surface area contributed by atoms with Crippen molar-refractivity contribution in [3.63, 3.8) is 0 Å². The molecule has 0 spiro atoms. The predicted molar refractivity (Wildman–Crippen MR) is 93.1 cm³/mol. The molecule has 2 heterocycles. The lowest BCUT2D eigenvalue weighted by atomic mass is 9.86. The van der Waals surface area contributed by atoms with Crippen molar-refractivity contribution < 1.29 is 21.6 Å². The molecule has 25 heavy (non-hydrogen) atoms. The van der Waals surface area contributed by atoms with E-state index in [-0.39, 0.29) is 18.0 Å². The molecular formula is C14H26N4O5S2. The number of nitrogens with zero attached hydrogens (tertiary/aromatic N) is 3. The van der Waals surface area contributed by atoms with Gasteiger partial charge in [-0.05, 0) is 26.2 Å². The van der Waals surface area contributed by atoms with Crippen molar-refractivity contribution in [2.24, 2.45) is 0 Å². The normalized spacial score (nSPS) is 19.2. The summed E-state index contributed by atoms with van der Waals surface area (Å²) in [5.74, 6) is 0. The van der Waals surface area contributed by atoms with Crippen LogP contribution in [0.3, 0.4) is 0 Å². The molecule has 0 saturated carbocycles. The zero-order valence-corrected chi connectivity index (χ0v) is 16.4. The average Bonchev–Trinajstić information content (AvgIpc) is 3.02. The lowest BCUT2D eigenvalue weighted by molar-refractivity contribution is 0.132. The van der Waals surface area contributed by atoms with E-state index in [1.54, 1.807) is 11.8 Å². The van der Waals surface area contributed by atoms with E-state index in [0.29, 0.717) is 32.4 Å². The molecule has 2 rings (SSSR count). The van der Waals surface area contributed by atoms with Crippen LogP contribution in [0.5, 0.6) is 0 Å². The standard InChI is InChI=1S/C14H26N4O5S2/c1-4-17-12-13(11-15-17)25(21,22)16-14(7-10-23-2)5-8-18(9-6-14)24(3,19)20/h11-12,16H,4-10H2,1-3H3. The van der Waals surface area contributed by atoms with Crippen LogP contribution >= 0.6 is 0 Å². The minimum atomic E-state index is -3.75. The van der Waals surface area contributed by atoms with Crippen LogP contribution in [0, 0.1) is 0 Å². The van der Waals surface area contributed by atoms with Gasteiger partial charge >= 0.3 is 0 Å². The second kappa shape index (κ2) is 7.70. The summed E-state index contributed by atoms with van der Waals surface area (Å²) in [5.41, 5.74) is -0.732. The van der Waals surface area contributed by atoms with Crippen molar-refractivity contribution in [2.75, 3.05) is 33.1 Å². The Morgan fingerprint density at radius 3 is 2.40 bits per heavy atom. The first-order valence-corrected chi connectivity index (χ1v) is 11.5. The van der Waals surface area contributed by atoms with Gasteiger partial charge in [0.15, 0.2) is 0 Å². The summed E-state index contributed by atoms with van der Waals surface area (Å²) in [5, 5.41) is 4.01. The molecule has 1 N–H and O–H groups in total. The van der Waals surface area contributed by atoms with Gasteiger partial charge in [0.25, 0.3) is 0 Å². The van der Waals surface area contributed by atoms with Gasteiger partial charge < -0.3 is 4.74 Å². The van der Waals surface area contributed by atoms with Crippen LogP contribution < -0.4 is 4.72 Å². The largest absolute Gasteiger partial charge is 0.385 e. The summed E-state index contributed by atoms with van der Waals surface area (Å²) in [6.07, 6.45) is 5.23. The second-order valence-corrected chi connectivity index (χ2v) is 9.99. The number of methoxy groups -OCH3 is 1. The average molecular weight is 395 g/mol. The van der Waals surface area contributed by atoms with Crippen LogP contribution in [-0.4, -0.2) is 69.5 Å². The molecule has 1 aliphatic heterocycles. The number of aromatic nitrogens is 2. The summed E-state index contributed by atoms with van der Waals surface area (Å²) < 4.78 is 59.7. The van der Waals surface area contributed by atoms with Crippen molar-refractivity contribution in [3.05, 3.63) is 12.4 Å². The molecule has 0 aromatic carbocycles. The summed E-state index contributed by atoms with van der Waals surface area (Å²) in [6, 6.07) is 0. The van der Waals surface area contributed by atoms with E-state index < -0.39 is 25.6 Å². The Balaban J connectivity index is 2.20. The Morgan fingerprint density at radius 1 is 1.28 bits per heavy atom. The van der Waals surface area contributed by atoms with E-state index in [4.69, 9.17) is 4.74 Å². The van der Waals surface area contributed by atoms with Crippen LogP contribution in [0.1, 0.15) is 26.2 Å². The van der Waals surface area contributed by atoms with Crippen LogP contribution in [0.15, 0.2) is 17.3 Å². The molecule has 0 unspecified atom stereocenters. The summed E-state index contributed by atoms with van der Waals surface area (Å²) >= 11 is 0. The minimum absolute atomic E-state index is 0.108. The highest BCUT2D eigenvalue weighted by molar-refractivity contribution is 7.89. The third-order valence-corrected chi connectivity index (χ3v) is 7.36. The first kappa shape index (κ1) is 20.3. The molecule has 0 amide bonds. The molecular weight excluding hydrogens is 368 g/mol. The summed E-state index contributed by atoms with van der Waals surface area (Å²) in [7, 11) is -5.47. The first-order chi connectivity index (χ1) is 11.6. The lowest BCUT2D eigenvalue weighted by Crippen LogP contribution is -2.56. The number of nitrogens with one attached hydrogen (secondary N) is 1. The third kappa shape index (κ3) is 5.00. The third-order valence-electron chi connectivity index (χ3n) is 4.53. The maximum absolute atomic E-state index is 12.7. The maximum Gasteiger partial charge on any atom is 0.244 e. The minimum Gasteiger partial charge on any atom is -0.385 e. The number of piperidine rings is 1. The van der Waals surface area contributed by atoms with E-state index in [1.165, 1.54) is 23.0 Å². The predicted octanol–water partition coefficient (Wildman–Crippen LogP) is 0.0120. The highest BCUT2D eigenvalue weighted by atomic mass is 32.2. The van der Waals surface area contributed by atoms with Gasteiger partial charge in [-0.1, -0.05) is 0 Å². The Labute approximate surface area is 149 Å². The highest BCUT2D eigenvalue weighted by Gasteiger charge is 2.40. The topological polar surface area (TPSA) is 111 Å². The van der Waals surface area contributed by atoms with Gasteiger partial charge in [0.2, 0.25) is 20.0 Å². The molecule has 0 radical (unpaired) electrons. The smallest absolute Gasteiger partial charge is 0.244 e. The molecule has 144 valence electrons. The van der Waals surface area contributed by atoms with Crippen molar-refractivity contribution >= 4 is 20.0 Å². The Hall–Kier alpha value is -1.01. The Morgan fingerprint density at radius 2 is 1.92 bits per heavy atom. The van der Waals surface area contributed by atoms with Crippen molar-refractivity contribution in [3.8, 4) is 0 Å². The van der Waals surface area contributed by atoms with Crippen LogP contribution in [0.4, 0.5) is 0 Å². The van der Waals surface area contributed by atoms with Crippen molar-refractivity contribution in [1.82, 2.24) is 18.8 Å². The first-order valence-electron chi connectivity index (χ1n) is 8.12. The fraction of sp³-hybridized carbons (Fsp3) is 0.786. The van der Waals surface area contributed by atoms with Gasteiger partial charge in [-0.15, -0.1) is 0 Å². The summed E-state index contributed by atoms with van der Waals surface area (Å²) in [4.78, 5) is 0.108. The highest BCUT2D eigenvalue weighted by Crippen LogP contribution is 2.29. The number of hydrogen-bond acceptors (Lipinski definition) is 6. The quantitative estimate of drug-likeness (QED) is 0.665. The molecule has 1 fully saturated rings. The van der Waals surface area contributed by atoms with Gasteiger partial charge in [0.1, 0.15) is 4.90 Å². The van der Waals surface area contributed by atoms with E-state index >= 15 is 0 Å². The van der Waals surface area contributed by atoms with Gasteiger partial charge in [-0.2, -0.15) is 5.10 Å². The lowest BCUT2D eigenvalue weighted by Gasteiger charge is -2.41. The maximum atomic E-state index is 12.7. The number of hydrogen-bond donors (Lipinski definition) is 1. The molecule has 1 aromatic rings. The Bertz CT molecular complexity index is 780. The number of sulfonamides is 2. The fourth-order valence-electron chi connectivity index (χ4n) is 2.95. The van der Waals surface area contributed by atoms with Crippen LogP contribution in [-0.2, 0) is 31.3 Å². The zero-order chi connectivity index (χ0) is 18.7. The molecule has 9 nitrogen and oxygen atoms in total. The second-order valence-electron chi connectivity index (χ2n) is 6.32. The monoisotopic (exact) mass is 394 g/mol. The molecule has 1 aromatic heterocycles. The van der Waals surface area contributed by atoms with E-state index in [2.05, 4.69) is 9.82 Å². The number of rotatable bonds is 8. The molecule has 0 atom stereocenters. The Kier molecular flexibility index (Phi) is 6.26. The number of aryl methyl sites for hydroxylation is 1. The SMILES string of the molecule is CCn1cc(S(=O)(=O)NC2(CCOC)CCN(S(C)(=O)=O)CC2)cn1. The van der Waals surface area contributed by atoms with Gasteiger partial charge in [0.05, 0.1) is 12.5 Å². The number of ether oxygens (including phenoxy) is 1. The van der Waals surface area contributed by atoms with E-state index in [0.717, 1.165) is 0 Å². The van der Waals surface area contributed by atoms with Crippen molar-refractivity contribution in [1.29, 1.82) is 0 Å². The molecule has 11 heteroatoms. The van der Waals surface area contributed by atoms with Crippen LogP contribution in [0.2, 0.25) is 0 Å². The molecule has 0 bridgehead atoms. The van der Waals surface area contributed by atoms with E-state index in [9.17, 15) is 16.8 Å². The zero-order valence-electron chi connectivity index (χ0n) is 14.8. The van der Waals surface area contributed by atoms with Gasteiger partial charge in [-0.3, -0.25) is 4.68 Å². The molecule has 1 aliphatic rings. The van der Waals surface area contributed by atoms with Gasteiger partial charge in [0, 0.05) is 45.1 Å². The van der Waals surface area contributed by atoms with E-state index in [1.807, 2.05) is 6.92 Å². The fourth-order valence-corrected chi connectivity index (χ4v) is 5.23. The molecule has 1 saturated heterocycles. The van der Waals surface area contributed by atoms with Crippen LogP contribution in [0.25, 0.3) is 0 Å². The molecule has 0 aliphatic carbocycles. The summed E-state index contributed by atoms with van der Waals surface area (Å²) in [6.45, 7) is 3.39. The van der Waals surface area contributed by atoms with Crippen molar-refractivity contribution in [2.45, 2.75) is 43.2 Å².